The third-order valence-electron chi connectivity index (χ3n) is 3.37. The molecule has 0 spiro atoms. The number of hydrogen-bond acceptors (Lipinski definition) is 5. The smallest absolute Gasteiger partial charge is 0.363 e. The number of hydrogen-bond donors (Lipinski definition) is 0. The number of aliphatic imine (C=N–C) groups is 1. The van der Waals surface area contributed by atoms with Crippen molar-refractivity contribution in [1.82, 2.24) is 0 Å². The molecular weight excluding hydrogens is 296 g/mol. The number of aryl methyl sites for hydroxylation is 1. The highest BCUT2D eigenvalue weighted by atomic mass is 16.6. The zero-order valence-electron chi connectivity index (χ0n) is 12.2. The van der Waals surface area contributed by atoms with E-state index in [-0.39, 0.29) is 17.3 Å². The van der Waals surface area contributed by atoms with Crippen molar-refractivity contribution in [3.63, 3.8) is 0 Å². The average molecular weight is 308 g/mol. The third-order valence-corrected chi connectivity index (χ3v) is 3.37. The SMILES string of the molecule is Cc1ccc(C=C2N=C(c3ccccc3)OC2=O)cc1[N+](=O)[O-]. The average Bonchev–Trinajstić information content (AvgIpc) is 2.91. The van der Waals surface area contributed by atoms with Crippen LogP contribution in [0.4, 0.5) is 5.69 Å². The van der Waals surface area contributed by atoms with Gasteiger partial charge in [-0.25, -0.2) is 9.79 Å². The molecule has 2 aromatic carbocycles. The minimum absolute atomic E-state index is 0.00187. The van der Waals surface area contributed by atoms with Gasteiger partial charge in [0, 0.05) is 17.2 Å². The number of cyclic esters (lactones) is 1. The number of carbonyl (C=O) groups excluding carboxylic acids is 1. The number of benzene rings is 2. The van der Waals surface area contributed by atoms with Gasteiger partial charge < -0.3 is 4.74 Å². The molecule has 0 atom stereocenters. The molecule has 1 aliphatic heterocycles. The van der Waals surface area contributed by atoms with E-state index >= 15 is 0 Å². The van der Waals surface area contributed by atoms with E-state index in [0.717, 1.165) is 0 Å². The number of rotatable bonds is 3. The molecule has 23 heavy (non-hydrogen) atoms. The van der Waals surface area contributed by atoms with Crippen LogP contribution in [0.1, 0.15) is 16.7 Å². The maximum atomic E-state index is 11.9. The summed E-state index contributed by atoms with van der Waals surface area (Å²) in [5.74, 6) is -0.351. The normalized spacial score (nSPS) is 15.4. The quantitative estimate of drug-likeness (QED) is 0.377. The minimum Gasteiger partial charge on any atom is -0.402 e. The summed E-state index contributed by atoms with van der Waals surface area (Å²) in [5, 5.41) is 11.0. The first kappa shape index (κ1) is 14.6. The lowest BCUT2D eigenvalue weighted by Crippen LogP contribution is -2.04. The van der Waals surface area contributed by atoms with Gasteiger partial charge in [0.05, 0.1) is 4.92 Å². The Balaban J connectivity index is 1.97. The second-order valence-electron chi connectivity index (χ2n) is 5.01. The van der Waals surface area contributed by atoms with Gasteiger partial charge in [0.1, 0.15) is 0 Å². The van der Waals surface area contributed by atoms with Crippen LogP contribution in [0, 0.1) is 17.0 Å². The monoisotopic (exact) mass is 308 g/mol. The largest absolute Gasteiger partial charge is 0.402 e. The molecule has 2 aromatic rings. The lowest BCUT2D eigenvalue weighted by molar-refractivity contribution is -0.385. The highest BCUT2D eigenvalue weighted by Crippen LogP contribution is 2.23. The van der Waals surface area contributed by atoms with Crippen LogP contribution in [0.2, 0.25) is 0 Å². The first-order chi connectivity index (χ1) is 11.0. The van der Waals surface area contributed by atoms with Gasteiger partial charge in [0.2, 0.25) is 5.90 Å². The molecule has 0 amide bonds. The van der Waals surface area contributed by atoms with Crippen molar-refractivity contribution in [2.45, 2.75) is 6.92 Å². The Morgan fingerprint density at radius 3 is 2.61 bits per heavy atom. The minimum atomic E-state index is -0.577. The summed E-state index contributed by atoms with van der Waals surface area (Å²) >= 11 is 0. The van der Waals surface area contributed by atoms with Crippen LogP contribution < -0.4 is 0 Å². The lowest BCUT2D eigenvalue weighted by Gasteiger charge is -1.99. The van der Waals surface area contributed by atoms with Gasteiger partial charge in [0.25, 0.3) is 5.69 Å². The summed E-state index contributed by atoms with van der Waals surface area (Å²) in [6.45, 7) is 1.66. The molecule has 0 bridgehead atoms. The Kier molecular flexibility index (Phi) is 3.72. The summed E-state index contributed by atoms with van der Waals surface area (Å²) in [4.78, 5) is 26.6. The fraction of sp³-hybridized carbons (Fsp3) is 0.0588. The summed E-state index contributed by atoms with van der Waals surface area (Å²) in [6.07, 6.45) is 1.48. The maximum Gasteiger partial charge on any atom is 0.363 e. The summed E-state index contributed by atoms with van der Waals surface area (Å²) in [6, 6.07) is 13.8. The number of nitro groups is 1. The number of esters is 1. The highest BCUT2D eigenvalue weighted by molar-refractivity contribution is 6.12. The zero-order valence-corrected chi connectivity index (χ0v) is 12.2. The molecule has 6 heteroatoms. The Morgan fingerprint density at radius 1 is 1.17 bits per heavy atom. The predicted octanol–water partition coefficient (Wildman–Crippen LogP) is 3.25. The van der Waals surface area contributed by atoms with Crippen molar-refractivity contribution in [2.24, 2.45) is 4.99 Å². The van der Waals surface area contributed by atoms with Gasteiger partial charge >= 0.3 is 5.97 Å². The number of carbonyl (C=O) groups is 1. The van der Waals surface area contributed by atoms with Crippen LogP contribution in [0.15, 0.2) is 59.2 Å². The topological polar surface area (TPSA) is 81.8 Å². The summed E-state index contributed by atoms with van der Waals surface area (Å²) in [5.41, 5.74) is 1.88. The summed E-state index contributed by atoms with van der Waals surface area (Å²) < 4.78 is 5.14. The van der Waals surface area contributed by atoms with Gasteiger partial charge in [-0.1, -0.05) is 30.3 Å². The molecule has 0 saturated heterocycles. The molecule has 0 radical (unpaired) electrons. The highest BCUT2D eigenvalue weighted by Gasteiger charge is 2.24. The van der Waals surface area contributed by atoms with Crippen LogP contribution in [0.25, 0.3) is 6.08 Å². The molecule has 0 aromatic heterocycles. The van der Waals surface area contributed by atoms with E-state index in [2.05, 4.69) is 4.99 Å². The molecular formula is C17H12N2O4. The first-order valence-electron chi connectivity index (χ1n) is 6.87. The molecule has 0 aliphatic carbocycles. The number of ether oxygens (including phenoxy) is 1. The number of nitro benzene ring substituents is 1. The second kappa shape index (κ2) is 5.84. The molecule has 114 valence electrons. The Morgan fingerprint density at radius 2 is 1.91 bits per heavy atom. The van der Waals surface area contributed by atoms with Crippen molar-refractivity contribution in [1.29, 1.82) is 0 Å². The predicted molar refractivity (Wildman–Crippen MR) is 84.9 cm³/mol. The first-order valence-corrected chi connectivity index (χ1v) is 6.87. The molecule has 1 heterocycles. The maximum absolute atomic E-state index is 11.9. The fourth-order valence-corrected chi connectivity index (χ4v) is 2.18. The fourth-order valence-electron chi connectivity index (χ4n) is 2.18. The van der Waals surface area contributed by atoms with Gasteiger partial charge in [-0.05, 0) is 30.7 Å². The van der Waals surface area contributed by atoms with Crippen molar-refractivity contribution < 1.29 is 14.5 Å². The second-order valence-corrected chi connectivity index (χ2v) is 5.01. The van der Waals surface area contributed by atoms with E-state index in [9.17, 15) is 14.9 Å². The van der Waals surface area contributed by atoms with Crippen LogP contribution in [-0.2, 0) is 9.53 Å². The van der Waals surface area contributed by atoms with Gasteiger partial charge in [-0.15, -0.1) is 0 Å². The zero-order chi connectivity index (χ0) is 16.4. The standard InChI is InChI=1S/C17H12N2O4/c1-11-7-8-12(10-15(11)19(21)22)9-14-17(20)23-16(18-14)13-5-3-2-4-6-13/h2-10H,1H3. The van der Waals surface area contributed by atoms with E-state index in [4.69, 9.17) is 4.74 Å². The van der Waals surface area contributed by atoms with Crippen LogP contribution in [0.3, 0.4) is 0 Å². The third kappa shape index (κ3) is 3.01. The Labute approximate surface area is 131 Å². The van der Waals surface area contributed by atoms with E-state index < -0.39 is 10.9 Å². The molecule has 3 rings (SSSR count). The molecule has 0 unspecified atom stereocenters. The Bertz CT molecular complexity index is 854. The van der Waals surface area contributed by atoms with E-state index in [1.165, 1.54) is 12.1 Å². The van der Waals surface area contributed by atoms with Crippen molar-refractivity contribution in [3.8, 4) is 0 Å². The summed E-state index contributed by atoms with van der Waals surface area (Å²) in [7, 11) is 0. The van der Waals surface area contributed by atoms with Gasteiger partial charge in [-0.2, -0.15) is 0 Å². The van der Waals surface area contributed by atoms with Gasteiger partial charge in [-0.3, -0.25) is 10.1 Å². The van der Waals surface area contributed by atoms with Crippen molar-refractivity contribution in [3.05, 3.63) is 81.0 Å². The molecule has 0 N–H and O–H groups in total. The lowest BCUT2D eigenvalue weighted by atomic mass is 10.1. The molecule has 1 aliphatic rings. The van der Waals surface area contributed by atoms with Crippen LogP contribution >= 0.6 is 0 Å². The molecule has 0 saturated carbocycles. The van der Waals surface area contributed by atoms with Crippen LogP contribution in [-0.4, -0.2) is 16.8 Å². The molecule has 0 fully saturated rings. The van der Waals surface area contributed by atoms with Crippen LogP contribution in [0.5, 0.6) is 0 Å². The number of nitrogens with zero attached hydrogens (tertiary/aromatic N) is 2. The van der Waals surface area contributed by atoms with E-state index in [1.54, 1.807) is 31.2 Å². The Hall–Kier alpha value is -3.28. The van der Waals surface area contributed by atoms with Crippen molar-refractivity contribution >= 4 is 23.6 Å². The van der Waals surface area contributed by atoms with Gasteiger partial charge in [0.15, 0.2) is 5.70 Å². The van der Waals surface area contributed by atoms with Crippen molar-refractivity contribution in [2.75, 3.05) is 0 Å². The van der Waals surface area contributed by atoms with E-state index in [1.807, 2.05) is 18.2 Å². The molecule has 6 nitrogen and oxygen atoms in total. The van der Waals surface area contributed by atoms with E-state index in [0.29, 0.717) is 16.7 Å².